The predicted octanol–water partition coefficient (Wildman–Crippen LogP) is 3.27. The van der Waals surface area contributed by atoms with Crippen molar-refractivity contribution < 1.29 is 32.3 Å². The van der Waals surface area contributed by atoms with Crippen LogP contribution in [0.15, 0.2) is 71.8 Å². The first-order valence-corrected chi connectivity index (χ1v) is 16.4. The Balaban J connectivity index is 1.09. The molecule has 2 atom stereocenters. The Morgan fingerprint density at radius 1 is 0.932 bits per heavy atom. The number of ketones is 1. The molecule has 3 aromatic rings. The zero-order valence-corrected chi connectivity index (χ0v) is 25.2. The van der Waals surface area contributed by atoms with Gasteiger partial charge in [-0.15, -0.1) is 0 Å². The maximum atomic E-state index is 14.9. The topological polar surface area (TPSA) is 137 Å². The van der Waals surface area contributed by atoms with Gasteiger partial charge in [0.1, 0.15) is 17.6 Å². The summed E-state index contributed by atoms with van der Waals surface area (Å²) >= 11 is 0. The molecule has 0 spiro atoms. The zero-order valence-electron chi connectivity index (χ0n) is 24.4. The van der Waals surface area contributed by atoms with Crippen LogP contribution in [0.2, 0.25) is 0 Å². The summed E-state index contributed by atoms with van der Waals surface area (Å²) in [6.45, 7) is 2.08. The quantitative estimate of drug-likeness (QED) is 0.366. The molecule has 10 nitrogen and oxygen atoms in total. The van der Waals surface area contributed by atoms with Crippen LogP contribution in [0.1, 0.15) is 56.0 Å². The highest BCUT2D eigenvalue weighted by Crippen LogP contribution is 2.24. The van der Waals surface area contributed by atoms with Crippen molar-refractivity contribution in [2.45, 2.75) is 42.9 Å². The summed E-state index contributed by atoms with van der Waals surface area (Å²) in [7, 11) is -3.35. The third-order valence-electron chi connectivity index (χ3n) is 8.25. The summed E-state index contributed by atoms with van der Waals surface area (Å²) in [4.78, 5) is 46.7. The second-order valence-electron chi connectivity index (χ2n) is 11.4. The number of phenols is 1. The smallest absolute Gasteiger partial charge is 0.270 e. The Labute approximate surface area is 255 Å². The molecule has 44 heavy (non-hydrogen) atoms. The fourth-order valence-electron chi connectivity index (χ4n) is 5.66. The van der Waals surface area contributed by atoms with Crippen molar-refractivity contribution in [2.24, 2.45) is 5.92 Å². The molecule has 0 unspecified atom stereocenters. The van der Waals surface area contributed by atoms with E-state index in [-0.39, 0.29) is 40.5 Å². The molecule has 2 N–H and O–H groups in total. The van der Waals surface area contributed by atoms with E-state index in [0.717, 1.165) is 11.8 Å². The number of aromatic hydroxyl groups is 1. The molecule has 2 saturated heterocycles. The number of alkyl halides is 1. The van der Waals surface area contributed by atoms with Gasteiger partial charge in [0, 0.05) is 56.7 Å². The molecule has 0 aliphatic carbocycles. The van der Waals surface area contributed by atoms with Gasteiger partial charge in [0.05, 0.1) is 16.5 Å². The third kappa shape index (κ3) is 7.48. The highest BCUT2D eigenvalue weighted by atomic mass is 32.2. The first kappa shape index (κ1) is 31.3. The van der Waals surface area contributed by atoms with Gasteiger partial charge in [-0.3, -0.25) is 24.3 Å². The van der Waals surface area contributed by atoms with Crippen LogP contribution in [0.25, 0.3) is 0 Å². The average molecular weight is 623 g/mol. The molecular weight excluding hydrogens is 587 g/mol. The molecule has 2 amide bonds. The molecule has 0 bridgehead atoms. The number of rotatable bonds is 8. The Kier molecular flexibility index (Phi) is 9.40. The number of sulfone groups is 1. The molecule has 12 heteroatoms. The van der Waals surface area contributed by atoms with Crippen molar-refractivity contribution in [3.05, 3.63) is 89.2 Å². The zero-order chi connectivity index (χ0) is 31.4. The number of carbonyl (C=O) groups excluding carboxylic acids is 3. The Bertz CT molecular complexity index is 1610. The summed E-state index contributed by atoms with van der Waals surface area (Å²) in [5.74, 6) is -0.929. The number of nitrogens with zero attached hydrogens (tertiary/aromatic N) is 3. The van der Waals surface area contributed by atoms with Crippen LogP contribution >= 0.6 is 0 Å². The van der Waals surface area contributed by atoms with Crippen molar-refractivity contribution in [1.29, 1.82) is 0 Å². The van der Waals surface area contributed by atoms with Gasteiger partial charge >= 0.3 is 0 Å². The number of piperidine rings is 2. The van der Waals surface area contributed by atoms with Crippen molar-refractivity contribution in [3.8, 4) is 5.75 Å². The van der Waals surface area contributed by atoms with E-state index in [0.29, 0.717) is 56.6 Å². The van der Waals surface area contributed by atoms with E-state index in [1.54, 1.807) is 29.2 Å². The first-order valence-electron chi connectivity index (χ1n) is 14.5. The van der Waals surface area contributed by atoms with Crippen LogP contribution < -0.4 is 5.32 Å². The van der Waals surface area contributed by atoms with Gasteiger partial charge in [-0.1, -0.05) is 24.3 Å². The van der Waals surface area contributed by atoms with Crippen molar-refractivity contribution in [2.75, 3.05) is 32.4 Å². The summed E-state index contributed by atoms with van der Waals surface area (Å²) in [6.07, 6.45) is 2.58. The fourth-order valence-corrected chi connectivity index (χ4v) is 6.29. The van der Waals surface area contributed by atoms with Crippen molar-refractivity contribution in [1.82, 2.24) is 20.1 Å². The molecule has 232 valence electrons. The number of carbonyl (C=O) groups is 3. The summed E-state index contributed by atoms with van der Waals surface area (Å²) in [5, 5.41) is 12.2. The maximum Gasteiger partial charge on any atom is 0.270 e. The van der Waals surface area contributed by atoms with Gasteiger partial charge < -0.3 is 15.3 Å². The minimum atomic E-state index is -3.35. The summed E-state index contributed by atoms with van der Waals surface area (Å²) in [6, 6.07) is 15.0. The molecule has 1 aromatic heterocycles. The van der Waals surface area contributed by atoms with Crippen LogP contribution in [0.3, 0.4) is 0 Å². The Hall–Kier alpha value is -4.16. The number of benzene rings is 2. The maximum absolute atomic E-state index is 14.9. The summed E-state index contributed by atoms with van der Waals surface area (Å²) < 4.78 is 38.3. The van der Waals surface area contributed by atoms with Crippen LogP contribution in [0, 0.1) is 5.92 Å². The monoisotopic (exact) mass is 622 g/mol. The predicted molar refractivity (Wildman–Crippen MR) is 161 cm³/mol. The van der Waals surface area contributed by atoms with E-state index in [1.165, 1.54) is 42.6 Å². The van der Waals surface area contributed by atoms with E-state index in [9.17, 15) is 32.3 Å². The molecule has 5 rings (SSSR count). The van der Waals surface area contributed by atoms with Gasteiger partial charge in [0.15, 0.2) is 15.6 Å². The number of aromatic nitrogens is 1. The number of phenolic OH excluding ortho intramolecular Hbond substituents is 1. The first-order chi connectivity index (χ1) is 21.0. The molecule has 0 saturated carbocycles. The van der Waals surface area contributed by atoms with Gasteiger partial charge in [-0.05, 0) is 61.2 Å². The van der Waals surface area contributed by atoms with Gasteiger partial charge in [0.25, 0.3) is 11.8 Å². The highest BCUT2D eigenvalue weighted by Gasteiger charge is 2.32. The number of pyridine rings is 1. The van der Waals surface area contributed by atoms with Crippen molar-refractivity contribution >= 4 is 27.4 Å². The van der Waals surface area contributed by atoms with Crippen LogP contribution in [-0.4, -0.2) is 90.6 Å². The van der Waals surface area contributed by atoms with Gasteiger partial charge in [-0.25, -0.2) is 12.8 Å². The number of hydrogen-bond acceptors (Lipinski definition) is 8. The van der Waals surface area contributed by atoms with Crippen LogP contribution in [-0.2, 0) is 16.4 Å². The molecule has 3 heterocycles. The van der Waals surface area contributed by atoms with E-state index in [1.807, 2.05) is 4.90 Å². The van der Waals surface area contributed by atoms with Gasteiger partial charge in [-0.2, -0.15) is 0 Å². The fraction of sp³-hybridized carbons (Fsp3) is 0.375. The lowest BCUT2D eigenvalue weighted by Crippen LogP contribution is -2.52. The van der Waals surface area contributed by atoms with Crippen molar-refractivity contribution in [3.63, 3.8) is 0 Å². The minimum Gasteiger partial charge on any atom is -0.508 e. The molecule has 2 fully saturated rings. The third-order valence-corrected chi connectivity index (χ3v) is 9.38. The van der Waals surface area contributed by atoms with Gasteiger partial charge in [0.2, 0.25) is 0 Å². The second-order valence-corrected chi connectivity index (χ2v) is 13.5. The number of nitrogens with one attached hydrogen (secondary N) is 1. The minimum absolute atomic E-state index is 0.0762. The van der Waals surface area contributed by atoms with E-state index in [2.05, 4.69) is 10.3 Å². The Morgan fingerprint density at radius 2 is 1.59 bits per heavy atom. The molecule has 2 aliphatic heterocycles. The van der Waals surface area contributed by atoms with E-state index < -0.39 is 28.0 Å². The lowest BCUT2D eigenvalue weighted by atomic mass is 9.88. The number of hydrogen-bond donors (Lipinski definition) is 2. The Morgan fingerprint density at radius 3 is 2.18 bits per heavy atom. The second kappa shape index (κ2) is 13.2. The molecule has 2 aromatic carbocycles. The highest BCUT2D eigenvalue weighted by molar-refractivity contribution is 7.90. The summed E-state index contributed by atoms with van der Waals surface area (Å²) in [5.41, 5.74) is 1.81. The number of halogens is 1. The van der Waals surface area contributed by atoms with E-state index >= 15 is 0 Å². The number of likely N-dealkylation sites (tertiary alicyclic amines) is 2. The standard InChI is InChI=1S/C32H35FN4O6S/c1-44(42,43)26-9-4-22(5-10-26)30(39)23-12-16-37(17-13-23)32(41)24-6-11-29(34-18-24)31(40)35-28-14-15-36(20-27(28)33)19-21-2-7-25(38)8-3-21/h2-11,18,23,27-28,38H,12-17,19-20H2,1H3,(H,35,40)/t27-,28-/m1/s1. The van der Waals surface area contributed by atoms with E-state index in [4.69, 9.17) is 0 Å². The number of Topliss-reactive ketones (excluding diaryl/α,β-unsaturated/α-hetero) is 1. The SMILES string of the molecule is CS(=O)(=O)c1ccc(C(=O)C2CCN(C(=O)c3ccc(C(=O)N[C@@H]4CCN(Cc5ccc(O)cc5)C[C@H]4F)nc3)CC2)cc1. The largest absolute Gasteiger partial charge is 0.508 e. The molecule has 2 aliphatic rings. The lowest BCUT2D eigenvalue weighted by Gasteiger charge is -2.35. The number of amides is 2. The molecule has 0 radical (unpaired) electrons. The normalized spacial score (nSPS) is 19.8. The van der Waals surface area contributed by atoms with Crippen LogP contribution in [0.5, 0.6) is 5.75 Å². The average Bonchev–Trinajstić information content (AvgIpc) is 3.02. The lowest BCUT2D eigenvalue weighted by molar-refractivity contribution is 0.0649. The molecular formula is C32H35FN4O6S. The van der Waals surface area contributed by atoms with Crippen LogP contribution in [0.4, 0.5) is 4.39 Å².